The van der Waals surface area contributed by atoms with Crippen LogP contribution < -0.4 is 15.8 Å². The second-order valence-corrected chi connectivity index (χ2v) is 19.4. The Kier molecular flexibility index (Phi) is 17.9. The Hall–Kier alpha value is -3.85. The van der Waals surface area contributed by atoms with Gasteiger partial charge in [-0.25, -0.2) is 0 Å². The molecule has 10 atom stereocenters. The standard InChI is InChI=1S/C53H75N3O9/c1-33(60)29-55-46(11-7-23-57)52-42-10-6-8-36(42)18-21-45-44(52)28-47(56-45)49(62)32-64-51-25-34(15-22-48(51)61)13-19-41-27-39(31-59)50(65-41)12-5-3-2-4-9-40(54)26-38-17-16-37-24-35(30-58)14-20-43(37)53(38)63/h14-17,20,22,24-25,27-28,33,36,38,40,42,46,49-50,52-53,55,57-63H,2-13,18-19,21,23,26,29-32,54H2,1H3/t33-,36+,38-,40-,42-,46+,49-,50?,52-,53-/m0/s1. The molecule has 0 saturated heterocycles. The molecular weight excluding hydrogens is 823 g/mol. The molecule has 0 bridgehead atoms. The highest BCUT2D eigenvalue weighted by Crippen LogP contribution is 2.49. The lowest BCUT2D eigenvalue weighted by molar-refractivity contribution is 0.120. The number of phenolic OH excluding ortho intramolecular Hbond substituents is 1. The molecule has 2 heterocycles. The lowest BCUT2D eigenvalue weighted by Crippen LogP contribution is -2.44. The first-order valence-electron chi connectivity index (χ1n) is 24.6. The Balaban J connectivity index is 0.841. The van der Waals surface area contributed by atoms with E-state index in [2.05, 4.69) is 11.4 Å². The molecule has 2 aliphatic heterocycles. The van der Waals surface area contributed by atoms with Gasteiger partial charge < -0.3 is 56.3 Å². The number of aliphatic imine (C=N–C) groups is 1. The molecular formula is C53H75N3O9. The fraction of sp³-hybridized carbons (Fsp3) is 0.604. The minimum absolute atomic E-state index is 0.000386. The van der Waals surface area contributed by atoms with Crippen LogP contribution >= 0.6 is 0 Å². The third kappa shape index (κ3) is 12.8. The summed E-state index contributed by atoms with van der Waals surface area (Å²) in [5.41, 5.74) is 12.3. The highest BCUT2D eigenvalue weighted by molar-refractivity contribution is 6.04. The summed E-state index contributed by atoms with van der Waals surface area (Å²) < 4.78 is 12.4. The van der Waals surface area contributed by atoms with Gasteiger partial charge in [0, 0.05) is 50.3 Å². The predicted octanol–water partition coefficient (Wildman–Crippen LogP) is 6.69. The van der Waals surface area contributed by atoms with Crippen molar-refractivity contribution in [2.75, 3.05) is 26.4 Å². The van der Waals surface area contributed by atoms with E-state index in [1.807, 2.05) is 48.6 Å². The van der Waals surface area contributed by atoms with E-state index < -0.39 is 18.3 Å². The minimum Gasteiger partial charge on any atom is -0.592 e. The van der Waals surface area contributed by atoms with Crippen LogP contribution in [0.5, 0.6) is 11.5 Å². The van der Waals surface area contributed by atoms with Crippen molar-refractivity contribution in [1.29, 1.82) is 0 Å². The number of nitrogens with one attached hydrogen (secondary N) is 1. The molecule has 356 valence electrons. The van der Waals surface area contributed by atoms with E-state index in [1.54, 1.807) is 13.0 Å². The van der Waals surface area contributed by atoms with Crippen molar-refractivity contribution >= 4 is 11.8 Å². The van der Waals surface area contributed by atoms with Crippen LogP contribution in [0.4, 0.5) is 0 Å². The largest absolute Gasteiger partial charge is 0.592 e. The van der Waals surface area contributed by atoms with Gasteiger partial charge in [0.1, 0.15) is 12.2 Å². The lowest BCUT2D eigenvalue weighted by atomic mass is 9.74. The number of rotatable bonds is 25. The van der Waals surface area contributed by atoms with Crippen LogP contribution in [-0.4, -0.2) is 98.2 Å². The number of ether oxygens (including phenoxy) is 2. The molecule has 7 rings (SSSR count). The Morgan fingerprint density at radius 1 is 0.985 bits per heavy atom. The molecule has 12 heteroatoms. The third-order valence-electron chi connectivity index (χ3n) is 14.6. The number of aryl methyl sites for hydroxylation is 1. The average Bonchev–Trinajstić information content (AvgIpc) is 4.04. The van der Waals surface area contributed by atoms with Gasteiger partial charge in [-0.3, -0.25) is 0 Å². The molecule has 0 spiro atoms. The van der Waals surface area contributed by atoms with E-state index >= 15 is 0 Å². The number of hydrogen-bond acceptors (Lipinski definition) is 12. The summed E-state index contributed by atoms with van der Waals surface area (Å²) in [4.78, 5) is 4.98. The first kappa shape index (κ1) is 49.1. The molecule has 2 aromatic carbocycles. The van der Waals surface area contributed by atoms with Crippen molar-refractivity contribution in [2.24, 2.45) is 34.4 Å². The number of unbranched alkanes of at least 4 members (excludes halogenated alkanes) is 3. The number of aliphatic hydroxyl groups is 6. The molecule has 12 nitrogen and oxygen atoms in total. The SMILES string of the molecule is C[C@H](O)CN[C@H](CCCO)[C@@H]1C2=C[C+]([C@@H](O)COc3cc(CCC4=C[C-](CO)C(CCCCCC[C@H](N)C[C@@H]5C=Cc6cc(CO)ccc6[C@H]5O)O4)ccc3O)N=C2CC[C@H]2CCC[C@@H]21. The molecule has 2 saturated carbocycles. The summed E-state index contributed by atoms with van der Waals surface area (Å²) in [6.07, 6.45) is 20.6. The highest BCUT2D eigenvalue weighted by atomic mass is 16.5. The Labute approximate surface area is 386 Å². The fourth-order valence-electron chi connectivity index (χ4n) is 11.1. The number of nitrogens with two attached hydrogens (primary N) is 1. The Morgan fingerprint density at radius 3 is 2.62 bits per heavy atom. The van der Waals surface area contributed by atoms with Crippen molar-refractivity contribution < 1.29 is 45.2 Å². The summed E-state index contributed by atoms with van der Waals surface area (Å²) in [5.74, 6) is 3.27. The Bertz CT molecular complexity index is 1970. The molecule has 65 heavy (non-hydrogen) atoms. The van der Waals surface area contributed by atoms with Crippen LogP contribution in [0.3, 0.4) is 0 Å². The summed E-state index contributed by atoms with van der Waals surface area (Å²) in [6.45, 7) is 2.24. The predicted molar refractivity (Wildman–Crippen MR) is 253 cm³/mol. The zero-order chi connectivity index (χ0) is 45.9. The maximum absolute atomic E-state index is 11.4. The van der Waals surface area contributed by atoms with Gasteiger partial charge in [-0.15, -0.1) is 4.99 Å². The third-order valence-corrected chi connectivity index (χ3v) is 14.6. The molecule has 10 N–H and O–H groups in total. The number of fused-ring (bicyclic) bond motifs is 3. The van der Waals surface area contributed by atoms with Gasteiger partial charge in [0.25, 0.3) is 0 Å². The van der Waals surface area contributed by atoms with Crippen LogP contribution in [0, 0.1) is 35.6 Å². The van der Waals surface area contributed by atoms with E-state index in [-0.39, 0.29) is 62.2 Å². The van der Waals surface area contributed by atoms with Crippen molar-refractivity contribution in [3.05, 3.63) is 100 Å². The fourth-order valence-corrected chi connectivity index (χ4v) is 11.1. The molecule has 2 aromatic rings. The minimum atomic E-state index is -0.994. The zero-order valence-corrected chi connectivity index (χ0v) is 38.4. The summed E-state index contributed by atoms with van der Waals surface area (Å²) >= 11 is 0. The molecule has 3 aliphatic carbocycles. The van der Waals surface area contributed by atoms with E-state index in [0.29, 0.717) is 49.4 Å². The maximum atomic E-state index is 11.4. The maximum Gasteiger partial charge on any atom is 0.189 e. The summed E-state index contributed by atoms with van der Waals surface area (Å²) in [6, 6.07) is 11.6. The normalized spacial score (nSPS) is 25.4. The van der Waals surface area contributed by atoms with Gasteiger partial charge in [-0.1, -0.05) is 81.1 Å². The lowest BCUT2D eigenvalue weighted by Gasteiger charge is -2.32. The van der Waals surface area contributed by atoms with E-state index in [0.717, 1.165) is 110 Å². The second kappa shape index (κ2) is 23.7. The number of allylic oxidation sites excluding steroid dienone is 1. The zero-order valence-electron chi connectivity index (χ0n) is 38.4. The smallest absolute Gasteiger partial charge is 0.189 e. The summed E-state index contributed by atoms with van der Waals surface area (Å²) in [7, 11) is 0. The van der Waals surface area contributed by atoms with Gasteiger partial charge in [0.05, 0.1) is 30.8 Å². The van der Waals surface area contributed by atoms with Crippen molar-refractivity contribution in [3.63, 3.8) is 0 Å². The van der Waals surface area contributed by atoms with Gasteiger partial charge in [0.2, 0.25) is 0 Å². The van der Waals surface area contributed by atoms with E-state index in [4.69, 9.17) is 20.2 Å². The Morgan fingerprint density at radius 2 is 1.82 bits per heavy atom. The number of aliphatic hydroxyl groups excluding tert-OH is 6. The number of benzene rings is 2. The van der Waals surface area contributed by atoms with Crippen LogP contribution in [0.2, 0.25) is 0 Å². The number of phenols is 1. The van der Waals surface area contributed by atoms with Gasteiger partial charge >= 0.3 is 0 Å². The van der Waals surface area contributed by atoms with E-state index in [1.165, 1.54) is 18.4 Å². The second-order valence-electron chi connectivity index (χ2n) is 19.4. The van der Waals surface area contributed by atoms with Crippen LogP contribution in [0.15, 0.2) is 71.0 Å². The van der Waals surface area contributed by atoms with Gasteiger partial charge in [-0.05, 0) is 111 Å². The highest BCUT2D eigenvalue weighted by Gasteiger charge is 2.50. The average molecular weight is 898 g/mol. The topological polar surface area (TPSA) is 210 Å². The molecule has 0 amide bonds. The summed E-state index contributed by atoms with van der Waals surface area (Å²) in [5, 5.41) is 76.2. The van der Waals surface area contributed by atoms with Crippen molar-refractivity contribution in [3.8, 4) is 11.5 Å². The van der Waals surface area contributed by atoms with Crippen LogP contribution in [-0.2, 0) is 17.8 Å². The van der Waals surface area contributed by atoms with Crippen LogP contribution in [0.25, 0.3) is 6.08 Å². The van der Waals surface area contributed by atoms with Gasteiger partial charge in [-0.2, -0.15) is 12.0 Å². The number of aromatic hydroxyl groups is 1. The van der Waals surface area contributed by atoms with E-state index in [9.17, 15) is 35.7 Å². The first-order valence-corrected chi connectivity index (χ1v) is 24.6. The molecule has 2 fully saturated rings. The molecule has 5 aliphatic rings. The quantitative estimate of drug-likeness (QED) is 0.0379. The van der Waals surface area contributed by atoms with Crippen LogP contribution in [0.1, 0.15) is 132 Å². The number of nitrogens with zero attached hydrogens (tertiary/aromatic N) is 1. The van der Waals surface area contributed by atoms with Gasteiger partial charge in [0.15, 0.2) is 29.4 Å². The first-order chi connectivity index (χ1) is 31.5. The molecule has 1 unspecified atom stereocenters. The molecule has 0 aromatic heterocycles. The van der Waals surface area contributed by atoms with Crippen molar-refractivity contribution in [1.82, 2.24) is 5.32 Å². The molecule has 0 radical (unpaired) electrons. The monoisotopic (exact) mass is 898 g/mol. The number of hydrogen-bond donors (Lipinski definition) is 9. The van der Waals surface area contributed by atoms with Crippen molar-refractivity contribution in [2.45, 2.75) is 153 Å².